The lowest BCUT2D eigenvalue weighted by Gasteiger charge is -2.06. The van der Waals surface area contributed by atoms with Crippen molar-refractivity contribution in [3.05, 3.63) is 57.5 Å². The first-order valence-electron chi connectivity index (χ1n) is 8.69. The van der Waals surface area contributed by atoms with Gasteiger partial charge in [0.1, 0.15) is 11.4 Å². The number of hydrogen-bond donors (Lipinski definition) is 1. The Bertz CT molecular complexity index is 1130. The number of alkyl halides is 2. The molecule has 3 aromatic rings. The number of nitrogens with zero attached hydrogens (tertiary/aromatic N) is 4. The van der Waals surface area contributed by atoms with Crippen LogP contribution >= 0.6 is 0 Å². The number of hydrogen-bond acceptors (Lipinski definition) is 6. The van der Waals surface area contributed by atoms with E-state index in [1.807, 2.05) is 0 Å². The summed E-state index contributed by atoms with van der Waals surface area (Å²) >= 11 is 0. The topological polar surface area (TPSA) is 112 Å². The second-order valence-electron chi connectivity index (χ2n) is 6.61. The van der Waals surface area contributed by atoms with Gasteiger partial charge in [0, 0.05) is 29.8 Å². The van der Waals surface area contributed by atoms with Crippen molar-refractivity contribution in [1.29, 1.82) is 0 Å². The minimum absolute atomic E-state index is 0.110. The van der Waals surface area contributed by atoms with Crippen molar-refractivity contribution >= 4 is 22.9 Å². The van der Waals surface area contributed by atoms with E-state index in [0.29, 0.717) is 5.69 Å². The zero-order chi connectivity index (χ0) is 20.7. The lowest BCUT2D eigenvalue weighted by molar-refractivity contribution is -0.384. The van der Waals surface area contributed by atoms with Crippen LogP contribution in [0.2, 0.25) is 0 Å². The first-order chi connectivity index (χ1) is 13.9. The van der Waals surface area contributed by atoms with E-state index < -0.39 is 17.3 Å². The molecule has 0 spiro atoms. The van der Waals surface area contributed by atoms with E-state index in [1.165, 1.54) is 31.4 Å². The van der Waals surface area contributed by atoms with E-state index in [-0.39, 0.29) is 40.1 Å². The van der Waals surface area contributed by atoms with Gasteiger partial charge in [-0.15, -0.1) is 0 Å². The number of benzene rings is 1. The second kappa shape index (κ2) is 7.08. The van der Waals surface area contributed by atoms with Crippen LogP contribution in [-0.2, 0) is 0 Å². The molecule has 1 aromatic carbocycles. The number of nitro groups is 1. The third-order valence-corrected chi connectivity index (χ3v) is 4.52. The molecule has 0 atom stereocenters. The van der Waals surface area contributed by atoms with Crippen LogP contribution < -0.4 is 10.1 Å². The molecule has 1 aliphatic rings. The summed E-state index contributed by atoms with van der Waals surface area (Å²) < 4.78 is 32.8. The summed E-state index contributed by atoms with van der Waals surface area (Å²) in [6.07, 6.45) is -1.00. The van der Waals surface area contributed by atoms with Crippen LogP contribution in [0, 0.1) is 10.1 Å². The molecule has 0 aliphatic heterocycles. The highest BCUT2D eigenvalue weighted by molar-refractivity contribution is 6.03. The average Bonchev–Trinajstić information content (AvgIpc) is 3.45. The number of ether oxygens (including phenoxy) is 1. The van der Waals surface area contributed by atoms with E-state index in [0.717, 1.165) is 23.4 Å². The number of halogens is 2. The van der Waals surface area contributed by atoms with Crippen LogP contribution in [-0.4, -0.2) is 32.5 Å². The summed E-state index contributed by atoms with van der Waals surface area (Å²) in [6.45, 7) is 0. The van der Waals surface area contributed by atoms with E-state index in [4.69, 9.17) is 4.74 Å². The predicted molar refractivity (Wildman–Crippen MR) is 97.5 cm³/mol. The average molecular weight is 403 g/mol. The maximum atomic E-state index is 13.5. The molecular formula is C18H15F2N5O4. The summed E-state index contributed by atoms with van der Waals surface area (Å²) in [5.74, 6) is -0.381. The van der Waals surface area contributed by atoms with Crippen molar-refractivity contribution in [2.24, 2.45) is 0 Å². The van der Waals surface area contributed by atoms with Crippen molar-refractivity contribution in [3.63, 3.8) is 0 Å². The Balaban J connectivity index is 1.68. The van der Waals surface area contributed by atoms with Gasteiger partial charge < -0.3 is 10.1 Å². The quantitative estimate of drug-likeness (QED) is 0.496. The number of anilines is 1. The van der Waals surface area contributed by atoms with Gasteiger partial charge >= 0.3 is 0 Å². The van der Waals surface area contributed by atoms with Gasteiger partial charge in [-0.3, -0.25) is 14.9 Å². The normalized spacial score (nSPS) is 13.7. The summed E-state index contributed by atoms with van der Waals surface area (Å²) in [4.78, 5) is 27.3. The van der Waals surface area contributed by atoms with Gasteiger partial charge in [0.2, 0.25) is 0 Å². The van der Waals surface area contributed by atoms with Crippen molar-refractivity contribution in [3.8, 4) is 5.75 Å². The highest BCUT2D eigenvalue weighted by Gasteiger charge is 2.28. The molecule has 1 fully saturated rings. The molecule has 2 aromatic heterocycles. The molecule has 1 aliphatic carbocycles. The fourth-order valence-electron chi connectivity index (χ4n) is 2.95. The predicted octanol–water partition coefficient (Wildman–Crippen LogP) is 3.71. The first-order valence-corrected chi connectivity index (χ1v) is 8.69. The van der Waals surface area contributed by atoms with Gasteiger partial charge in [-0.2, -0.15) is 5.10 Å². The number of carbonyl (C=O) groups is 1. The number of rotatable bonds is 6. The molecule has 0 bridgehead atoms. The van der Waals surface area contributed by atoms with Crippen LogP contribution in [0.4, 0.5) is 20.2 Å². The van der Waals surface area contributed by atoms with Gasteiger partial charge in [-0.05, 0) is 18.9 Å². The van der Waals surface area contributed by atoms with Crippen LogP contribution in [0.25, 0.3) is 5.65 Å². The Labute approximate surface area is 162 Å². The molecule has 9 nitrogen and oxygen atoms in total. The highest BCUT2D eigenvalue weighted by Crippen LogP contribution is 2.40. The summed E-state index contributed by atoms with van der Waals surface area (Å²) in [5, 5.41) is 17.5. The number of non-ortho nitro benzene ring substituents is 1. The molecule has 0 radical (unpaired) electrons. The number of fused-ring (bicyclic) bond motifs is 1. The van der Waals surface area contributed by atoms with Gasteiger partial charge in [0.25, 0.3) is 18.0 Å². The van der Waals surface area contributed by atoms with Crippen molar-refractivity contribution in [2.45, 2.75) is 25.2 Å². The number of nitro benzene ring substituents is 1. The van der Waals surface area contributed by atoms with Crippen LogP contribution in [0.5, 0.6) is 5.75 Å². The Morgan fingerprint density at radius 1 is 1.31 bits per heavy atom. The second-order valence-corrected chi connectivity index (χ2v) is 6.61. The van der Waals surface area contributed by atoms with Crippen molar-refractivity contribution < 1.29 is 23.2 Å². The number of aromatic nitrogens is 3. The summed E-state index contributed by atoms with van der Waals surface area (Å²) in [7, 11) is 1.34. The number of carbonyl (C=O) groups excluding carboxylic acids is 1. The Kier molecular flexibility index (Phi) is 4.57. The molecule has 1 saturated carbocycles. The molecule has 29 heavy (non-hydrogen) atoms. The van der Waals surface area contributed by atoms with Gasteiger partial charge in [-0.1, -0.05) is 0 Å². The van der Waals surface area contributed by atoms with E-state index in [2.05, 4.69) is 15.4 Å². The molecule has 150 valence electrons. The molecular weight excluding hydrogens is 388 g/mol. The third-order valence-electron chi connectivity index (χ3n) is 4.52. The molecule has 2 heterocycles. The van der Waals surface area contributed by atoms with E-state index in [1.54, 1.807) is 0 Å². The van der Waals surface area contributed by atoms with Crippen molar-refractivity contribution in [1.82, 2.24) is 14.6 Å². The number of methoxy groups -OCH3 is 1. The molecule has 11 heteroatoms. The zero-order valence-electron chi connectivity index (χ0n) is 15.1. The lowest BCUT2D eigenvalue weighted by atomic mass is 10.2. The molecule has 0 saturated heterocycles. The monoisotopic (exact) mass is 403 g/mol. The highest BCUT2D eigenvalue weighted by atomic mass is 19.3. The minimum Gasteiger partial charge on any atom is -0.496 e. The SMILES string of the molecule is COc1cc(NC(=O)c2cc3nc(C4CC4)cc(C(F)F)n3n2)cc([N+](=O)[O-])c1. The maximum absolute atomic E-state index is 13.5. The largest absolute Gasteiger partial charge is 0.496 e. The molecule has 1 N–H and O–H groups in total. The lowest BCUT2D eigenvalue weighted by Crippen LogP contribution is -2.13. The zero-order valence-corrected chi connectivity index (χ0v) is 15.1. The summed E-state index contributed by atoms with van der Waals surface area (Å²) in [5.41, 5.74) is 0.0598. The van der Waals surface area contributed by atoms with Crippen LogP contribution in [0.3, 0.4) is 0 Å². The Morgan fingerprint density at radius 2 is 2.07 bits per heavy atom. The smallest absolute Gasteiger partial charge is 0.280 e. The van der Waals surface area contributed by atoms with E-state index >= 15 is 0 Å². The molecule has 4 rings (SSSR count). The van der Waals surface area contributed by atoms with Gasteiger partial charge in [0.05, 0.1) is 23.8 Å². The number of amides is 1. The van der Waals surface area contributed by atoms with Crippen LogP contribution in [0.15, 0.2) is 30.3 Å². The first kappa shape index (κ1) is 18.7. The Hall–Kier alpha value is -3.63. The minimum atomic E-state index is -2.78. The standard InChI is InChI=1S/C18H15F2N5O4/c1-29-12-5-10(4-11(6-12)25(27)28)21-18(26)14-8-16-22-13(9-2-3-9)7-15(17(19)20)24(16)23-14/h4-9,17H,2-3H2,1H3,(H,21,26). The van der Waals surface area contributed by atoms with Crippen molar-refractivity contribution in [2.75, 3.05) is 12.4 Å². The fraction of sp³-hybridized carbons (Fsp3) is 0.278. The molecule has 1 amide bonds. The van der Waals surface area contributed by atoms with Gasteiger partial charge in [-0.25, -0.2) is 18.3 Å². The van der Waals surface area contributed by atoms with Gasteiger partial charge in [0.15, 0.2) is 11.3 Å². The Morgan fingerprint density at radius 3 is 2.69 bits per heavy atom. The van der Waals surface area contributed by atoms with Crippen LogP contribution in [0.1, 0.15) is 47.1 Å². The van der Waals surface area contributed by atoms with E-state index in [9.17, 15) is 23.7 Å². The third kappa shape index (κ3) is 3.71. The summed E-state index contributed by atoms with van der Waals surface area (Å²) in [6, 6.07) is 6.38. The molecule has 0 unspecified atom stereocenters. The maximum Gasteiger partial charge on any atom is 0.280 e. The fourth-order valence-corrected chi connectivity index (χ4v) is 2.95. The number of nitrogens with one attached hydrogen (secondary N) is 1.